The highest BCUT2D eigenvalue weighted by Crippen LogP contribution is 2.14. The third-order valence-corrected chi connectivity index (χ3v) is 3.28. The molecule has 0 bridgehead atoms. The average Bonchev–Trinajstić information content (AvgIpc) is 2.75. The van der Waals surface area contributed by atoms with Gasteiger partial charge in [0.25, 0.3) is 0 Å². The Balaban J connectivity index is 1.98. The lowest BCUT2D eigenvalue weighted by Gasteiger charge is -2.35. The highest BCUT2D eigenvalue weighted by Gasteiger charge is 2.25. The van der Waals surface area contributed by atoms with Crippen LogP contribution in [0.2, 0.25) is 0 Å². The fraction of sp³-hybridized carbons (Fsp3) is 0.818. The molecule has 0 radical (unpaired) electrons. The third kappa shape index (κ3) is 3.18. The van der Waals surface area contributed by atoms with Crippen molar-refractivity contribution in [2.45, 2.75) is 39.1 Å². The number of ether oxygens (including phenoxy) is 1. The van der Waals surface area contributed by atoms with Gasteiger partial charge in [0.15, 0.2) is 0 Å². The lowest BCUT2D eigenvalue weighted by molar-refractivity contribution is -0.0697. The summed E-state index contributed by atoms with van der Waals surface area (Å²) in [6.07, 6.45) is 1.96. The van der Waals surface area contributed by atoms with Gasteiger partial charge in [0.05, 0.1) is 18.8 Å². The molecule has 6 heteroatoms. The molecule has 2 heterocycles. The first-order valence-corrected chi connectivity index (χ1v) is 6.56. The lowest BCUT2D eigenvalue weighted by Crippen LogP contribution is -2.47. The molecule has 1 aliphatic heterocycles. The molecule has 17 heavy (non-hydrogen) atoms. The predicted octanol–water partition coefficient (Wildman–Crippen LogP) is 1.13. The van der Waals surface area contributed by atoms with E-state index in [2.05, 4.69) is 28.8 Å². The molecular weight excluding hydrogens is 240 g/mol. The molecule has 0 saturated carbocycles. The molecule has 2 atom stereocenters. The van der Waals surface area contributed by atoms with E-state index in [1.54, 1.807) is 6.33 Å². The Morgan fingerprint density at radius 1 is 1.53 bits per heavy atom. The maximum atomic E-state index is 5.87. The second-order valence-electron chi connectivity index (χ2n) is 4.41. The molecule has 1 aliphatic rings. The Morgan fingerprint density at radius 3 is 3.06 bits per heavy atom. The normalized spacial score (nSPS) is 26.3. The highest BCUT2D eigenvalue weighted by atomic mass is 35.5. The van der Waals surface area contributed by atoms with Crippen LogP contribution in [0, 0.1) is 0 Å². The molecular formula is C11H19ClN4O. The minimum atomic E-state index is 0.124. The zero-order valence-electron chi connectivity index (χ0n) is 10.3. The largest absolute Gasteiger partial charge is 0.371 e. The van der Waals surface area contributed by atoms with Crippen LogP contribution >= 0.6 is 11.6 Å². The van der Waals surface area contributed by atoms with E-state index in [0.29, 0.717) is 5.88 Å². The van der Waals surface area contributed by atoms with Crippen LogP contribution in [0.25, 0.3) is 0 Å². The first-order chi connectivity index (χ1) is 8.22. The van der Waals surface area contributed by atoms with Gasteiger partial charge in [-0.1, -0.05) is 0 Å². The van der Waals surface area contributed by atoms with Crippen molar-refractivity contribution in [1.82, 2.24) is 19.7 Å². The molecule has 1 saturated heterocycles. The van der Waals surface area contributed by atoms with Crippen LogP contribution < -0.4 is 0 Å². The summed E-state index contributed by atoms with van der Waals surface area (Å²) in [6, 6.07) is 0. The van der Waals surface area contributed by atoms with E-state index in [1.807, 2.05) is 4.68 Å². The zero-order chi connectivity index (χ0) is 12.3. The number of aromatic nitrogens is 3. The maximum Gasteiger partial charge on any atom is 0.140 e. The number of halogens is 1. The summed E-state index contributed by atoms with van der Waals surface area (Å²) in [5.74, 6) is 1.55. The standard InChI is InChI=1S/C11H19ClN4O/c1-3-16-11(13-8-14-16)7-15-5-9(2)17-10(4-12)6-15/h8-10H,3-7H2,1-2H3. The summed E-state index contributed by atoms with van der Waals surface area (Å²) in [4.78, 5) is 6.62. The number of nitrogens with zero attached hydrogens (tertiary/aromatic N) is 4. The number of alkyl halides is 1. The number of morpholine rings is 1. The van der Waals surface area contributed by atoms with E-state index < -0.39 is 0 Å². The van der Waals surface area contributed by atoms with Gasteiger partial charge < -0.3 is 4.74 Å². The van der Waals surface area contributed by atoms with Crippen molar-refractivity contribution >= 4 is 11.6 Å². The van der Waals surface area contributed by atoms with Gasteiger partial charge in [-0.2, -0.15) is 5.10 Å². The van der Waals surface area contributed by atoms with Crippen LogP contribution in [0.5, 0.6) is 0 Å². The number of hydrogen-bond donors (Lipinski definition) is 0. The fourth-order valence-corrected chi connectivity index (χ4v) is 2.40. The van der Waals surface area contributed by atoms with Crippen molar-refractivity contribution in [3.8, 4) is 0 Å². The topological polar surface area (TPSA) is 43.2 Å². The van der Waals surface area contributed by atoms with Gasteiger partial charge in [0.1, 0.15) is 12.2 Å². The van der Waals surface area contributed by atoms with Gasteiger partial charge in [-0.25, -0.2) is 9.67 Å². The van der Waals surface area contributed by atoms with Gasteiger partial charge in [-0.15, -0.1) is 11.6 Å². The van der Waals surface area contributed by atoms with Crippen LogP contribution in [0.3, 0.4) is 0 Å². The average molecular weight is 259 g/mol. The van der Waals surface area contributed by atoms with Crippen molar-refractivity contribution in [2.24, 2.45) is 0 Å². The van der Waals surface area contributed by atoms with Crippen LogP contribution in [0.1, 0.15) is 19.7 Å². The van der Waals surface area contributed by atoms with Crippen LogP contribution in [-0.2, 0) is 17.8 Å². The fourth-order valence-electron chi connectivity index (χ4n) is 2.23. The molecule has 0 N–H and O–H groups in total. The number of hydrogen-bond acceptors (Lipinski definition) is 4. The Bertz CT molecular complexity index is 357. The summed E-state index contributed by atoms with van der Waals surface area (Å²) < 4.78 is 7.65. The van der Waals surface area contributed by atoms with E-state index in [-0.39, 0.29) is 12.2 Å². The van der Waals surface area contributed by atoms with Gasteiger partial charge in [-0.3, -0.25) is 4.90 Å². The summed E-state index contributed by atoms with van der Waals surface area (Å²) in [6.45, 7) is 7.61. The quantitative estimate of drug-likeness (QED) is 0.760. The summed E-state index contributed by atoms with van der Waals surface area (Å²) >= 11 is 5.87. The van der Waals surface area contributed by atoms with Gasteiger partial charge in [0, 0.05) is 25.5 Å². The van der Waals surface area contributed by atoms with E-state index in [9.17, 15) is 0 Å². The van der Waals surface area contributed by atoms with Crippen molar-refractivity contribution in [1.29, 1.82) is 0 Å². The molecule has 0 amide bonds. The van der Waals surface area contributed by atoms with Gasteiger partial charge >= 0.3 is 0 Å². The molecule has 96 valence electrons. The Hall–Kier alpha value is -0.650. The van der Waals surface area contributed by atoms with E-state index in [4.69, 9.17) is 16.3 Å². The smallest absolute Gasteiger partial charge is 0.140 e. The number of aryl methyl sites for hydroxylation is 1. The monoisotopic (exact) mass is 258 g/mol. The molecule has 2 rings (SSSR count). The van der Waals surface area contributed by atoms with Crippen LogP contribution in [0.4, 0.5) is 0 Å². The lowest BCUT2D eigenvalue weighted by atomic mass is 10.2. The Labute approximate surface area is 107 Å². The van der Waals surface area contributed by atoms with E-state index in [0.717, 1.165) is 32.0 Å². The van der Waals surface area contributed by atoms with Crippen molar-refractivity contribution < 1.29 is 4.74 Å². The van der Waals surface area contributed by atoms with Gasteiger partial charge in [-0.05, 0) is 13.8 Å². The summed E-state index contributed by atoms with van der Waals surface area (Å²) in [5.41, 5.74) is 0. The first-order valence-electron chi connectivity index (χ1n) is 6.03. The van der Waals surface area contributed by atoms with Crippen molar-refractivity contribution in [3.63, 3.8) is 0 Å². The molecule has 1 aromatic rings. The third-order valence-electron chi connectivity index (χ3n) is 2.93. The molecule has 1 fully saturated rings. The molecule has 5 nitrogen and oxygen atoms in total. The highest BCUT2D eigenvalue weighted by molar-refractivity contribution is 6.18. The summed E-state index contributed by atoms with van der Waals surface area (Å²) in [5, 5.41) is 4.18. The SMILES string of the molecule is CCn1ncnc1CN1CC(C)OC(CCl)C1. The molecule has 0 aromatic carbocycles. The number of rotatable bonds is 4. The Kier molecular flexibility index (Phi) is 4.36. The zero-order valence-corrected chi connectivity index (χ0v) is 11.1. The molecule has 2 unspecified atom stereocenters. The van der Waals surface area contributed by atoms with E-state index in [1.165, 1.54) is 0 Å². The molecule has 1 aromatic heterocycles. The second kappa shape index (κ2) is 5.80. The second-order valence-corrected chi connectivity index (χ2v) is 4.72. The Morgan fingerprint density at radius 2 is 2.35 bits per heavy atom. The minimum absolute atomic E-state index is 0.124. The van der Waals surface area contributed by atoms with Gasteiger partial charge in [0.2, 0.25) is 0 Å². The van der Waals surface area contributed by atoms with E-state index >= 15 is 0 Å². The molecule has 0 aliphatic carbocycles. The summed E-state index contributed by atoms with van der Waals surface area (Å²) in [7, 11) is 0. The van der Waals surface area contributed by atoms with Crippen LogP contribution in [-0.4, -0.2) is 50.8 Å². The van der Waals surface area contributed by atoms with Crippen molar-refractivity contribution in [2.75, 3.05) is 19.0 Å². The predicted molar refractivity (Wildman–Crippen MR) is 66.0 cm³/mol. The maximum absolute atomic E-state index is 5.87. The van der Waals surface area contributed by atoms with Crippen LogP contribution in [0.15, 0.2) is 6.33 Å². The first kappa shape index (κ1) is 12.8. The van der Waals surface area contributed by atoms with Crippen molar-refractivity contribution in [3.05, 3.63) is 12.2 Å². The minimum Gasteiger partial charge on any atom is -0.371 e. The molecule has 0 spiro atoms.